The van der Waals surface area contributed by atoms with E-state index in [4.69, 9.17) is 16.3 Å². The Kier molecular flexibility index (Phi) is 4.37. The van der Waals surface area contributed by atoms with Crippen LogP contribution < -0.4 is 10.2 Å². The topological polar surface area (TPSA) is 68.5 Å². The lowest BCUT2D eigenvalue weighted by Crippen LogP contribution is -2.19. The molecule has 3 aromatic rings. The van der Waals surface area contributed by atoms with Gasteiger partial charge in [-0.3, -0.25) is 4.79 Å². The van der Waals surface area contributed by atoms with E-state index in [0.29, 0.717) is 6.07 Å². The third-order valence-electron chi connectivity index (χ3n) is 3.77. The van der Waals surface area contributed by atoms with Gasteiger partial charge in [-0.15, -0.1) is 0 Å². The minimum atomic E-state index is -1.57. The molecule has 1 aromatic heterocycles. The third-order valence-corrected chi connectivity index (χ3v) is 4.11. The largest absolute Gasteiger partial charge is 0.494 e. The number of carboxylic acid groups (broad SMARTS) is 1. The molecule has 0 radical (unpaired) electrons. The smallest absolute Gasteiger partial charge is 0.341 e. The van der Waals surface area contributed by atoms with Crippen LogP contribution in [0.3, 0.4) is 0 Å². The second kappa shape index (κ2) is 6.38. The van der Waals surface area contributed by atoms with Gasteiger partial charge in [0.2, 0.25) is 5.43 Å². The molecule has 0 fully saturated rings. The Labute approximate surface area is 148 Å². The highest BCUT2D eigenvalue weighted by molar-refractivity contribution is 6.35. The molecule has 5 nitrogen and oxygen atoms in total. The van der Waals surface area contributed by atoms with Gasteiger partial charge in [0.1, 0.15) is 10.6 Å². The van der Waals surface area contributed by atoms with Crippen molar-refractivity contribution in [3.05, 3.63) is 68.7 Å². The maximum atomic E-state index is 13.9. The molecular formula is C17H9ClF3NO4. The van der Waals surface area contributed by atoms with Crippen LogP contribution in [-0.4, -0.2) is 22.8 Å². The van der Waals surface area contributed by atoms with Gasteiger partial charge in [0.05, 0.1) is 18.0 Å². The first-order chi connectivity index (χ1) is 12.3. The molecule has 0 saturated carbocycles. The van der Waals surface area contributed by atoms with Gasteiger partial charge in [0.15, 0.2) is 23.2 Å². The van der Waals surface area contributed by atoms with Crippen molar-refractivity contribution in [3.8, 4) is 11.4 Å². The summed E-state index contributed by atoms with van der Waals surface area (Å²) in [5.74, 6) is -5.23. The van der Waals surface area contributed by atoms with Gasteiger partial charge < -0.3 is 14.4 Å². The van der Waals surface area contributed by atoms with Crippen LogP contribution in [0.2, 0.25) is 5.02 Å². The van der Waals surface area contributed by atoms with Crippen molar-refractivity contribution in [2.75, 3.05) is 7.11 Å². The summed E-state index contributed by atoms with van der Waals surface area (Å²) < 4.78 is 47.2. The number of aromatic carboxylic acids is 1. The van der Waals surface area contributed by atoms with Crippen LogP contribution in [0.5, 0.6) is 5.75 Å². The average Bonchev–Trinajstić information content (AvgIpc) is 2.61. The predicted octanol–water partition coefficient (Wildman–Crippen LogP) is 3.77. The van der Waals surface area contributed by atoms with Crippen LogP contribution in [0, 0.1) is 17.5 Å². The van der Waals surface area contributed by atoms with E-state index in [1.54, 1.807) is 0 Å². The summed E-state index contributed by atoms with van der Waals surface area (Å²) in [6, 6.07) is 4.04. The summed E-state index contributed by atoms with van der Waals surface area (Å²) >= 11 is 5.87. The molecule has 0 atom stereocenters. The zero-order valence-electron chi connectivity index (χ0n) is 13.0. The highest BCUT2D eigenvalue weighted by atomic mass is 35.5. The number of nitrogens with zero attached hydrogens (tertiary/aromatic N) is 1. The van der Waals surface area contributed by atoms with Crippen molar-refractivity contribution in [1.82, 2.24) is 4.57 Å². The normalized spacial score (nSPS) is 11.0. The molecule has 134 valence electrons. The van der Waals surface area contributed by atoms with Crippen molar-refractivity contribution in [2.45, 2.75) is 0 Å². The lowest BCUT2D eigenvalue weighted by Gasteiger charge is -2.15. The van der Waals surface area contributed by atoms with Gasteiger partial charge in [0, 0.05) is 18.0 Å². The molecule has 2 aromatic carbocycles. The molecule has 1 heterocycles. The number of hydrogen-bond acceptors (Lipinski definition) is 3. The van der Waals surface area contributed by atoms with Crippen LogP contribution in [0.1, 0.15) is 10.4 Å². The number of carbonyl (C=O) groups is 1. The van der Waals surface area contributed by atoms with E-state index in [1.807, 2.05) is 0 Å². The minimum absolute atomic E-state index is 0.128. The van der Waals surface area contributed by atoms with E-state index in [-0.39, 0.29) is 17.0 Å². The molecule has 0 aliphatic rings. The number of benzene rings is 2. The Balaban J connectivity index is 2.52. The molecular weight excluding hydrogens is 375 g/mol. The van der Waals surface area contributed by atoms with Gasteiger partial charge in [-0.05, 0) is 18.2 Å². The second-order valence-corrected chi connectivity index (χ2v) is 5.63. The van der Waals surface area contributed by atoms with Crippen LogP contribution in [0.15, 0.2) is 35.3 Å². The molecule has 0 aliphatic carbocycles. The fourth-order valence-electron chi connectivity index (χ4n) is 2.55. The molecule has 0 amide bonds. The van der Waals surface area contributed by atoms with Crippen LogP contribution >= 0.6 is 11.6 Å². The summed E-state index contributed by atoms with van der Waals surface area (Å²) in [5.41, 5.74) is -1.85. The SMILES string of the molecule is COc1cc(-n2cc(C(=O)O)c(=O)c3cc(F)c(F)c(Cl)c32)ccc1F. The number of methoxy groups -OCH3 is 1. The zero-order valence-corrected chi connectivity index (χ0v) is 13.8. The number of fused-ring (bicyclic) bond motifs is 1. The summed E-state index contributed by atoms with van der Waals surface area (Å²) in [5, 5.41) is 8.09. The van der Waals surface area contributed by atoms with Gasteiger partial charge in [0.25, 0.3) is 0 Å². The molecule has 0 spiro atoms. The molecule has 0 saturated heterocycles. The van der Waals surface area contributed by atoms with Gasteiger partial charge in [-0.25, -0.2) is 18.0 Å². The maximum absolute atomic E-state index is 13.9. The van der Waals surface area contributed by atoms with E-state index in [0.717, 1.165) is 16.8 Å². The van der Waals surface area contributed by atoms with Gasteiger partial charge >= 0.3 is 5.97 Å². The van der Waals surface area contributed by atoms with Crippen molar-refractivity contribution >= 4 is 28.5 Å². The quantitative estimate of drug-likeness (QED) is 0.699. The summed E-state index contributed by atoms with van der Waals surface area (Å²) in [7, 11) is 1.22. The fourth-order valence-corrected chi connectivity index (χ4v) is 2.83. The Morgan fingerprint density at radius 2 is 1.88 bits per heavy atom. The molecule has 3 rings (SSSR count). The molecule has 0 bridgehead atoms. The van der Waals surface area contributed by atoms with Gasteiger partial charge in [-0.2, -0.15) is 0 Å². The first kappa shape index (κ1) is 17.8. The van der Waals surface area contributed by atoms with Crippen molar-refractivity contribution in [2.24, 2.45) is 0 Å². The first-order valence-corrected chi connectivity index (χ1v) is 7.44. The number of hydrogen-bond donors (Lipinski definition) is 1. The predicted molar refractivity (Wildman–Crippen MR) is 87.9 cm³/mol. The number of halogens is 4. The summed E-state index contributed by atoms with van der Waals surface area (Å²) in [6.45, 7) is 0. The van der Waals surface area contributed by atoms with Crippen molar-refractivity contribution < 1.29 is 27.8 Å². The number of pyridine rings is 1. The number of aromatic nitrogens is 1. The number of rotatable bonds is 3. The van der Waals surface area contributed by atoms with E-state index in [2.05, 4.69) is 0 Å². The standard InChI is InChI=1S/C17H9ClF3NO4/c1-26-12-4-7(2-3-10(12)19)22-6-9(17(24)25)16(23)8-5-11(20)14(21)13(18)15(8)22/h2-6H,1H3,(H,24,25). The summed E-state index contributed by atoms with van der Waals surface area (Å²) in [4.78, 5) is 23.7. The number of carboxylic acids is 1. The second-order valence-electron chi connectivity index (χ2n) is 5.25. The zero-order chi connectivity index (χ0) is 19.2. The Morgan fingerprint density at radius 1 is 1.19 bits per heavy atom. The minimum Gasteiger partial charge on any atom is -0.494 e. The Hall–Kier alpha value is -3.00. The molecule has 0 unspecified atom stereocenters. The van der Waals surface area contributed by atoms with Crippen LogP contribution in [0.4, 0.5) is 13.2 Å². The Bertz CT molecular complexity index is 1130. The van der Waals surface area contributed by atoms with Crippen LogP contribution in [-0.2, 0) is 0 Å². The van der Waals surface area contributed by atoms with E-state index in [1.165, 1.54) is 19.2 Å². The monoisotopic (exact) mass is 383 g/mol. The molecule has 0 aliphatic heterocycles. The van der Waals surface area contributed by atoms with E-state index >= 15 is 0 Å². The maximum Gasteiger partial charge on any atom is 0.341 e. The van der Waals surface area contributed by atoms with Gasteiger partial charge in [-0.1, -0.05) is 11.6 Å². The van der Waals surface area contributed by atoms with Crippen LogP contribution in [0.25, 0.3) is 16.6 Å². The lowest BCUT2D eigenvalue weighted by atomic mass is 10.1. The van der Waals surface area contributed by atoms with E-state index < -0.39 is 44.8 Å². The van der Waals surface area contributed by atoms with Crippen molar-refractivity contribution in [3.63, 3.8) is 0 Å². The number of ether oxygens (including phenoxy) is 1. The van der Waals surface area contributed by atoms with Crippen molar-refractivity contribution in [1.29, 1.82) is 0 Å². The molecule has 26 heavy (non-hydrogen) atoms. The first-order valence-electron chi connectivity index (χ1n) is 7.06. The summed E-state index contributed by atoms with van der Waals surface area (Å²) in [6.07, 6.45) is 0.906. The van der Waals surface area contributed by atoms with E-state index in [9.17, 15) is 27.9 Å². The molecule has 1 N–H and O–H groups in total. The highest BCUT2D eigenvalue weighted by Gasteiger charge is 2.22. The fraction of sp³-hybridized carbons (Fsp3) is 0.0588. The highest BCUT2D eigenvalue weighted by Crippen LogP contribution is 2.31. The average molecular weight is 384 g/mol. The lowest BCUT2D eigenvalue weighted by molar-refractivity contribution is 0.0695. The Morgan fingerprint density at radius 3 is 2.50 bits per heavy atom. The molecule has 9 heteroatoms. The third kappa shape index (κ3) is 2.68.